The van der Waals surface area contributed by atoms with Gasteiger partial charge in [-0.15, -0.1) is 0 Å². The van der Waals surface area contributed by atoms with Gasteiger partial charge in [-0.05, 0) is 29.3 Å². The van der Waals surface area contributed by atoms with Crippen molar-refractivity contribution >= 4 is 11.6 Å². The fourth-order valence-corrected chi connectivity index (χ4v) is 1.85. The van der Waals surface area contributed by atoms with Crippen LogP contribution in [0.5, 0.6) is 0 Å². The van der Waals surface area contributed by atoms with Crippen molar-refractivity contribution < 1.29 is 9.18 Å². The molecule has 2 aromatic rings. The topological polar surface area (TPSA) is 55.1 Å². The van der Waals surface area contributed by atoms with Gasteiger partial charge in [0.05, 0.1) is 6.42 Å². The Morgan fingerprint density at radius 3 is 2.68 bits per heavy atom. The molecule has 0 saturated carbocycles. The van der Waals surface area contributed by atoms with Crippen molar-refractivity contribution in [2.75, 3.05) is 5.32 Å². The Morgan fingerprint density at radius 1 is 1.16 bits per heavy atom. The zero-order valence-electron chi connectivity index (χ0n) is 10.4. The molecule has 0 spiro atoms. The lowest BCUT2D eigenvalue weighted by molar-refractivity contribution is -0.115. The average molecular weight is 258 g/mol. The minimum Gasteiger partial charge on any atom is -0.326 e. The fraction of sp³-hybridized carbons (Fsp3) is 0.133. The third-order valence-electron chi connectivity index (χ3n) is 2.77. The van der Waals surface area contributed by atoms with Gasteiger partial charge in [-0.3, -0.25) is 4.79 Å². The maximum absolute atomic E-state index is 13.0. The second-order valence-corrected chi connectivity index (χ2v) is 4.22. The molecule has 3 N–H and O–H groups in total. The van der Waals surface area contributed by atoms with Crippen molar-refractivity contribution in [1.29, 1.82) is 0 Å². The standard InChI is InChI=1S/C15H15FN2O/c16-13-6-3-4-11(8-13)9-15(19)18-14-7-2-1-5-12(14)10-17/h1-8H,9-10,17H2,(H,18,19). The van der Waals surface area contributed by atoms with E-state index in [-0.39, 0.29) is 18.1 Å². The van der Waals surface area contributed by atoms with Gasteiger partial charge in [-0.25, -0.2) is 4.39 Å². The first kappa shape index (κ1) is 13.2. The van der Waals surface area contributed by atoms with Crippen molar-refractivity contribution in [3.63, 3.8) is 0 Å². The van der Waals surface area contributed by atoms with E-state index in [0.29, 0.717) is 17.8 Å². The zero-order valence-corrected chi connectivity index (χ0v) is 10.4. The minimum atomic E-state index is -0.340. The highest BCUT2D eigenvalue weighted by Crippen LogP contribution is 2.14. The molecule has 2 aromatic carbocycles. The van der Waals surface area contributed by atoms with E-state index < -0.39 is 0 Å². The van der Waals surface area contributed by atoms with E-state index in [1.54, 1.807) is 18.2 Å². The number of hydrogen-bond donors (Lipinski definition) is 2. The van der Waals surface area contributed by atoms with Crippen molar-refractivity contribution in [2.45, 2.75) is 13.0 Å². The molecule has 0 aromatic heterocycles. The lowest BCUT2D eigenvalue weighted by atomic mass is 10.1. The van der Waals surface area contributed by atoms with Crippen LogP contribution in [0.2, 0.25) is 0 Å². The maximum atomic E-state index is 13.0. The Hall–Kier alpha value is -2.20. The summed E-state index contributed by atoms with van der Waals surface area (Å²) in [4.78, 5) is 11.9. The Bertz CT molecular complexity index is 584. The van der Waals surface area contributed by atoms with E-state index in [1.807, 2.05) is 18.2 Å². The van der Waals surface area contributed by atoms with Gasteiger partial charge in [0.15, 0.2) is 0 Å². The molecule has 98 valence electrons. The second-order valence-electron chi connectivity index (χ2n) is 4.22. The van der Waals surface area contributed by atoms with Gasteiger partial charge in [0.25, 0.3) is 0 Å². The van der Waals surface area contributed by atoms with E-state index in [4.69, 9.17) is 5.73 Å². The predicted octanol–water partition coefficient (Wildman–Crippen LogP) is 2.47. The molecule has 0 aliphatic heterocycles. The summed E-state index contributed by atoms with van der Waals surface area (Å²) in [5.41, 5.74) is 7.81. The second kappa shape index (κ2) is 6.11. The van der Waals surface area contributed by atoms with Crippen LogP contribution in [0, 0.1) is 5.82 Å². The average Bonchev–Trinajstić information content (AvgIpc) is 2.39. The summed E-state index contributed by atoms with van der Waals surface area (Å²) >= 11 is 0. The number of para-hydroxylation sites is 1. The van der Waals surface area contributed by atoms with Gasteiger partial charge in [0.2, 0.25) is 5.91 Å². The molecule has 0 heterocycles. The lowest BCUT2D eigenvalue weighted by Crippen LogP contribution is -2.16. The van der Waals surface area contributed by atoms with Crippen LogP contribution in [0.25, 0.3) is 0 Å². The van der Waals surface area contributed by atoms with Crippen LogP contribution in [0.15, 0.2) is 48.5 Å². The predicted molar refractivity (Wildman–Crippen MR) is 73.1 cm³/mol. The van der Waals surface area contributed by atoms with Gasteiger partial charge in [-0.1, -0.05) is 30.3 Å². The van der Waals surface area contributed by atoms with Gasteiger partial charge in [0.1, 0.15) is 5.82 Å². The monoisotopic (exact) mass is 258 g/mol. The van der Waals surface area contributed by atoms with E-state index in [9.17, 15) is 9.18 Å². The molecule has 3 nitrogen and oxygen atoms in total. The maximum Gasteiger partial charge on any atom is 0.228 e. The van der Waals surface area contributed by atoms with Crippen LogP contribution < -0.4 is 11.1 Å². The van der Waals surface area contributed by atoms with Crippen molar-refractivity contribution in [3.05, 3.63) is 65.5 Å². The van der Waals surface area contributed by atoms with Crippen LogP contribution in [0.4, 0.5) is 10.1 Å². The van der Waals surface area contributed by atoms with Gasteiger partial charge >= 0.3 is 0 Å². The number of carbonyl (C=O) groups is 1. The first-order valence-electron chi connectivity index (χ1n) is 6.01. The molecule has 0 bridgehead atoms. The first-order chi connectivity index (χ1) is 9.19. The van der Waals surface area contributed by atoms with Crippen LogP contribution in [0.1, 0.15) is 11.1 Å². The van der Waals surface area contributed by atoms with E-state index >= 15 is 0 Å². The number of nitrogens with one attached hydrogen (secondary N) is 1. The molecule has 0 atom stereocenters. The van der Waals surface area contributed by atoms with Gasteiger partial charge in [0, 0.05) is 12.2 Å². The molecular weight excluding hydrogens is 243 g/mol. The van der Waals surface area contributed by atoms with Gasteiger partial charge in [-0.2, -0.15) is 0 Å². The number of anilines is 1. The molecule has 1 amide bonds. The summed E-state index contributed by atoms with van der Waals surface area (Å²) in [5, 5.41) is 2.79. The van der Waals surface area contributed by atoms with Crippen molar-refractivity contribution in [1.82, 2.24) is 0 Å². The van der Waals surface area contributed by atoms with Crippen molar-refractivity contribution in [3.8, 4) is 0 Å². The van der Waals surface area contributed by atoms with E-state index in [0.717, 1.165) is 5.56 Å². The number of amides is 1. The quantitative estimate of drug-likeness (QED) is 0.885. The molecule has 0 fully saturated rings. The molecular formula is C15H15FN2O. The molecule has 0 radical (unpaired) electrons. The Labute approximate surface area is 111 Å². The normalized spacial score (nSPS) is 10.2. The van der Waals surface area contributed by atoms with Crippen molar-refractivity contribution in [2.24, 2.45) is 5.73 Å². The summed E-state index contributed by atoms with van der Waals surface area (Å²) in [6, 6.07) is 13.4. The number of nitrogens with two attached hydrogens (primary N) is 1. The molecule has 2 rings (SSSR count). The summed E-state index contributed by atoms with van der Waals surface area (Å²) in [7, 11) is 0. The molecule has 0 unspecified atom stereocenters. The summed E-state index contributed by atoms with van der Waals surface area (Å²) in [5.74, 6) is -0.529. The van der Waals surface area contributed by atoms with Gasteiger partial charge < -0.3 is 11.1 Å². The largest absolute Gasteiger partial charge is 0.326 e. The molecule has 4 heteroatoms. The molecule has 0 aliphatic rings. The summed E-state index contributed by atoms with van der Waals surface area (Å²) in [6.07, 6.45) is 0.136. The number of hydrogen-bond acceptors (Lipinski definition) is 2. The summed E-state index contributed by atoms with van der Waals surface area (Å²) < 4.78 is 13.0. The molecule has 0 saturated heterocycles. The van der Waals surface area contributed by atoms with E-state index in [1.165, 1.54) is 12.1 Å². The highest BCUT2D eigenvalue weighted by Gasteiger charge is 2.07. The first-order valence-corrected chi connectivity index (χ1v) is 6.01. The van der Waals surface area contributed by atoms with Crippen LogP contribution in [-0.4, -0.2) is 5.91 Å². The Morgan fingerprint density at radius 2 is 1.95 bits per heavy atom. The van der Waals surface area contributed by atoms with Crippen LogP contribution in [-0.2, 0) is 17.8 Å². The smallest absolute Gasteiger partial charge is 0.228 e. The number of halogens is 1. The number of rotatable bonds is 4. The lowest BCUT2D eigenvalue weighted by Gasteiger charge is -2.09. The Balaban J connectivity index is 2.05. The Kier molecular flexibility index (Phi) is 4.26. The zero-order chi connectivity index (χ0) is 13.7. The molecule has 0 aliphatic carbocycles. The highest BCUT2D eigenvalue weighted by molar-refractivity contribution is 5.92. The summed E-state index contributed by atoms with van der Waals surface area (Å²) in [6.45, 7) is 0.358. The van der Waals surface area contributed by atoms with E-state index in [2.05, 4.69) is 5.32 Å². The fourth-order valence-electron chi connectivity index (χ4n) is 1.85. The minimum absolute atomic E-state index is 0.136. The SMILES string of the molecule is NCc1ccccc1NC(=O)Cc1cccc(F)c1. The third kappa shape index (κ3) is 3.63. The number of benzene rings is 2. The third-order valence-corrected chi connectivity index (χ3v) is 2.77. The number of carbonyl (C=O) groups excluding carboxylic acids is 1. The van der Waals surface area contributed by atoms with Crippen LogP contribution in [0.3, 0.4) is 0 Å². The molecule has 19 heavy (non-hydrogen) atoms. The highest BCUT2D eigenvalue weighted by atomic mass is 19.1. The van der Waals surface area contributed by atoms with Crippen LogP contribution >= 0.6 is 0 Å².